The Labute approximate surface area is 98.5 Å². The van der Waals surface area contributed by atoms with Crippen molar-refractivity contribution in [3.8, 4) is 0 Å². The summed E-state index contributed by atoms with van der Waals surface area (Å²) in [6.07, 6.45) is 0.475. The van der Waals surface area contributed by atoms with E-state index in [-0.39, 0.29) is 12.8 Å². The molecule has 2 rings (SSSR count). The van der Waals surface area contributed by atoms with E-state index in [4.69, 9.17) is 0 Å². The molecular weight excluding hydrogens is 226 g/mol. The van der Waals surface area contributed by atoms with Crippen molar-refractivity contribution < 1.29 is 13.6 Å². The molecule has 0 radical (unpaired) electrons. The minimum atomic E-state index is -2.55. The molecular formula is C12H14F2N2O. The Balaban J connectivity index is 2.14. The first kappa shape index (κ1) is 12.0. The average Bonchev–Trinajstić information content (AvgIpc) is 2.29. The number of rotatable bonds is 2. The van der Waals surface area contributed by atoms with Crippen molar-refractivity contribution >= 4 is 12.1 Å². The van der Waals surface area contributed by atoms with Crippen LogP contribution in [0.2, 0.25) is 0 Å². The van der Waals surface area contributed by atoms with Gasteiger partial charge in [0, 0.05) is 31.5 Å². The maximum Gasteiger partial charge on any atom is 0.251 e. The van der Waals surface area contributed by atoms with E-state index in [0.717, 1.165) is 6.29 Å². The third-order valence-corrected chi connectivity index (χ3v) is 3.06. The van der Waals surface area contributed by atoms with Gasteiger partial charge in [0.15, 0.2) is 6.29 Å². The summed E-state index contributed by atoms with van der Waals surface area (Å²) in [6, 6.07) is 3.39. The number of anilines is 1. The monoisotopic (exact) mass is 240 g/mol. The van der Waals surface area contributed by atoms with E-state index in [1.807, 2.05) is 4.90 Å². The van der Waals surface area contributed by atoms with Gasteiger partial charge in [-0.3, -0.25) is 4.79 Å². The van der Waals surface area contributed by atoms with E-state index in [9.17, 15) is 13.6 Å². The number of alkyl halides is 2. The molecule has 1 aromatic heterocycles. The van der Waals surface area contributed by atoms with Crippen LogP contribution in [-0.4, -0.2) is 30.3 Å². The van der Waals surface area contributed by atoms with Gasteiger partial charge in [0.25, 0.3) is 5.92 Å². The highest BCUT2D eigenvalue weighted by molar-refractivity contribution is 5.76. The fourth-order valence-corrected chi connectivity index (χ4v) is 1.92. The molecule has 2 heterocycles. The average molecular weight is 240 g/mol. The molecule has 0 aliphatic carbocycles. The lowest BCUT2D eigenvalue weighted by Crippen LogP contribution is -2.39. The normalized spacial score (nSPS) is 19.1. The molecule has 1 fully saturated rings. The van der Waals surface area contributed by atoms with Crippen molar-refractivity contribution in [2.45, 2.75) is 25.7 Å². The van der Waals surface area contributed by atoms with Gasteiger partial charge in [-0.15, -0.1) is 0 Å². The van der Waals surface area contributed by atoms with Gasteiger partial charge in [-0.25, -0.2) is 13.8 Å². The van der Waals surface area contributed by atoms with E-state index in [2.05, 4.69) is 4.98 Å². The number of nitrogens with zero attached hydrogens (tertiary/aromatic N) is 2. The van der Waals surface area contributed by atoms with Crippen LogP contribution in [-0.2, 0) is 0 Å². The molecule has 1 saturated heterocycles. The first-order valence-electron chi connectivity index (χ1n) is 5.57. The Morgan fingerprint density at radius 2 is 2.00 bits per heavy atom. The number of hydrogen-bond acceptors (Lipinski definition) is 3. The lowest BCUT2D eigenvalue weighted by molar-refractivity contribution is -0.0221. The van der Waals surface area contributed by atoms with Crippen LogP contribution in [0.4, 0.5) is 14.6 Å². The highest BCUT2D eigenvalue weighted by Gasteiger charge is 2.34. The van der Waals surface area contributed by atoms with Crippen LogP contribution in [0, 0.1) is 6.92 Å². The topological polar surface area (TPSA) is 33.2 Å². The second kappa shape index (κ2) is 4.39. The van der Waals surface area contributed by atoms with Gasteiger partial charge in [0.05, 0.1) is 5.69 Å². The molecule has 17 heavy (non-hydrogen) atoms. The zero-order chi connectivity index (χ0) is 12.5. The molecule has 0 unspecified atom stereocenters. The van der Waals surface area contributed by atoms with Crippen molar-refractivity contribution in [1.29, 1.82) is 0 Å². The number of piperidine rings is 1. The van der Waals surface area contributed by atoms with Crippen LogP contribution < -0.4 is 4.90 Å². The molecule has 0 aromatic carbocycles. The molecule has 0 spiro atoms. The second-order valence-corrected chi connectivity index (χ2v) is 4.30. The Hall–Kier alpha value is -1.52. The van der Waals surface area contributed by atoms with Gasteiger partial charge < -0.3 is 4.90 Å². The summed E-state index contributed by atoms with van der Waals surface area (Å²) < 4.78 is 26.0. The van der Waals surface area contributed by atoms with Crippen molar-refractivity contribution in [2.75, 3.05) is 18.0 Å². The van der Waals surface area contributed by atoms with Crippen LogP contribution in [0.15, 0.2) is 12.1 Å². The molecule has 1 aromatic rings. The summed E-state index contributed by atoms with van der Waals surface area (Å²) in [5.74, 6) is -1.88. The fraction of sp³-hybridized carbons (Fsp3) is 0.500. The number of aldehydes is 1. The molecule has 1 aliphatic rings. The summed E-state index contributed by atoms with van der Waals surface area (Å²) in [5, 5.41) is 0. The number of aryl methyl sites for hydroxylation is 1. The highest BCUT2D eigenvalue weighted by atomic mass is 19.3. The lowest BCUT2D eigenvalue weighted by Gasteiger charge is -2.32. The number of carbonyl (C=O) groups excluding carboxylic acids is 1. The van der Waals surface area contributed by atoms with Gasteiger partial charge in [-0.1, -0.05) is 0 Å². The van der Waals surface area contributed by atoms with E-state index in [1.165, 1.54) is 0 Å². The number of halogens is 2. The second-order valence-electron chi connectivity index (χ2n) is 4.30. The predicted octanol–water partition coefficient (Wildman–Crippen LogP) is 2.44. The Kier molecular flexibility index (Phi) is 3.09. The van der Waals surface area contributed by atoms with E-state index in [0.29, 0.717) is 30.2 Å². The number of pyridine rings is 1. The largest absolute Gasteiger partial charge is 0.356 e. The zero-order valence-corrected chi connectivity index (χ0v) is 9.62. The molecule has 92 valence electrons. The summed E-state index contributed by atoms with van der Waals surface area (Å²) in [7, 11) is 0. The standard InChI is InChI=1S/C12H14F2N2O/c1-9-10(8-17)2-3-11(15-9)16-6-4-12(13,14)5-7-16/h2-3,8H,4-7H2,1H3. The zero-order valence-electron chi connectivity index (χ0n) is 9.62. The van der Waals surface area contributed by atoms with Crippen LogP contribution in [0.5, 0.6) is 0 Å². The number of hydrogen-bond donors (Lipinski definition) is 0. The fourth-order valence-electron chi connectivity index (χ4n) is 1.92. The van der Waals surface area contributed by atoms with Crippen molar-refractivity contribution in [3.63, 3.8) is 0 Å². The minimum absolute atomic E-state index is 0.136. The quantitative estimate of drug-likeness (QED) is 0.744. The molecule has 0 atom stereocenters. The molecule has 3 nitrogen and oxygen atoms in total. The third kappa shape index (κ3) is 2.60. The molecule has 0 bridgehead atoms. The van der Waals surface area contributed by atoms with E-state index >= 15 is 0 Å². The maximum absolute atomic E-state index is 13.0. The van der Waals surface area contributed by atoms with Crippen LogP contribution >= 0.6 is 0 Å². The lowest BCUT2D eigenvalue weighted by atomic mass is 10.1. The molecule has 5 heteroatoms. The van der Waals surface area contributed by atoms with Gasteiger partial charge in [0.2, 0.25) is 0 Å². The Morgan fingerprint density at radius 3 is 2.53 bits per heavy atom. The molecule has 1 aliphatic heterocycles. The first-order valence-corrected chi connectivity index (χ1v) is 5.57. The molecule has 0 amide bonds. The first-order chi connectivity index (χ1) is 8.02. The van der Waals surface area contributed by atoms with Crippen molar-refractivity contribution in [3.05, 3.63) is 23.4 Å². The van der Waals surface area contributed by atoms with E-state index < -0.39 is 5.92 Å². The maximum atomic E-state index is 13.0. The predicted molar refractivity (Wildman–Crippen MR) is 60.8 cm³/mol. The summed E-state index contributed by atoms with van der Waals surface area (Å²) in [5.41, 5.74) is 1.17. The summed E-state index contributed by atoms with van der Waals surface area (Å²) in [6.45, 7) is 2.35. The van der Waals surface area contributed by atoms with E-state index in [1.54, 1.807) is 19.1 Å². The van der Waals surface area contributed by atoms with Crippen LogP contribution in [0.25, 0.3) is 0 Å². The van der Waals surface area contributed by atoms with Crippen molar-refractivity contribution in [1.82, 2.24) is 4.98 Å². The van der Waals surface area contributed by atoms with Gasteiger partial charge >= 0.3 is 0 Å². The van der Waals surface area contributed by atoms with Gasteiger partial charge in [-0.2, -0.15) is 0 Å². The van der Waals surface area contributed by atoms with Gasteiger partial charge in [-0.05, 0) is 19.1 Å². The summed E-state index contributed by atoms with van der Waals surface area (Å²) in [4.78, 5) is 16.7. The SMILES string of the molecule is Cc1nc(N2CCC(F)(F)CC2)ccc1C=O. The summed E-state index contributed by atoms with van der Waals surface area (Å²) >= 11 is 0. The van der Waals surface area contributed by atoms with Crippen LogP contribution in [0.3, 0.4) is 0 Å². The number of aromatic nitrogens is 1. The van der Waals surface area contributed by atoms with Crippen LogP contribution in [0.1, 0.15) is 28.9 Å². The smallest absolute Gasteiger partial charge is 0.251 e. The Morgan fingerprint density at radius 1 is 1.35 bits per heavy atom. The highest BCUT2D eigenvalue weighted by Crippen LogP contribution is 2.29. The molecule has 0 N–H and O–H groups in total. The molecule has 0 saturated carbocycles. The number of carbonyl (C=O) groups is 1. The van der Waals surface area contributed by atoms with Crippen molar-refractivity contribution in [2.24, 2.45) is 0 Å². The third-order valence-electron chi connectivity index (χ3n) is 3.06. The van der Waals surface area contributed by atoms with Gasteiger partial charge in [0.1, 0.15) is 5.82 Å². The Bertz CT molecular complexity index is 425. The minimum Gasteiger partial charge on any atom is -0.356 e.